The van der Waals surface area contributed by atoms with Crippen molar-refractivity contribution in [2.45, 2.75) is 6.42 Å². The van der Waals surface area contributed by atoms with Crippen molar-refractivity contribution in [1.29, 1.82) is 0 Å². The summed E-state index contributed by atoms with van der Waals surface area (Å²) in [5.41, 5.74) is 14.0. The highest BCUT2D eigenvalue weighted by Gasteiger charge is 2.17. The van der Waals surface area contributed by atoms with Crippen LogP contribution in [-0.2, 0) is 6.42 Å². The van der Waals surface area contributed by atoms with E-state index in [1.54, 1.807) is 42.5 Å². The molecule has 0 aliphatic carbocycles. The Hall–Kier alpha value is -3.41. The molecule has 3 rings (SSSR count). The minimum atomic E-state index is -0.601. The zero-order valence-corrected chi connectivity index (χ0v) is 14.2. The van der Waals surface area contributed by atoms with Gasteiger partial charge in [0.05, 0.1) is 12.7 Å². The number of methoxy groups -OCH3 is 1. The minimum Gasteiger partial charge on any atom is -0.496 e. The van der Waals surface area contributed by atoms with Crippen LogP contribution in [0.5, 0.6) is 5.75 Å². The molecule has 0 atom stereocenters. The van der Waals surface area contributed by atoms with Crippen molar-refractivity contribution in [2.24, 2.45) is 5.73 Å². The zero-order chi connectivity index (χ0) is 18.7. The molecule has 3 aromatic rings. The molecule has 0 saturated carbocycles. The Bertz CT molecular complexity index is 956. The average Bonchev–Trinajstić information content (AvgIpc) is 2.63. The van der Waals surface area contributed by atoms with Gasteiger partial charge in [-0.3, -0.25) is 9.78 Å². The van der Waals surface area contributed by atoms with E-state index in [-0.39, 0.29) is 11.5 Å². The van der Waals surface area contributed by atoms with Gasteiger partial charge in [-0.25, -0.2) is 4.39 Å². The third kappa shape index (κ3) is 3.49. The third-order valence-electron chi connectivity index (χ3n) is 4.05. The summed E-state index contributed by atoms with van der Waals surface area (Å²) >= 11 is 0. The maximum absolute atomic E-state index is 15.2. The highest BCUT2D eigenvalue weighted by molar-refractivity contribution is 5.90. The van der Waals surface area contributed by atoms with Crippen LogP contribution in [0.25, 0.3) is 11.1 Å². The molecule has 2 aromatic carbocycles. The molecule has 4 N–H and O–H groups in total. The van der Waals surface area contributed by atoms with Crippen molar-refractivity contribution in [2.75, 3.05) is 12.8 Å². The van der Waals surface area contributed by atoms with Gasteiger partial charge in [0.25, 0.3) is 5.91 Å². The topological polar surface area (TPSA) is 91.2 Å². The number of carbonyl (C=O) groups is 1. The fourth-order valence-electron chi connectivity index (χ4n) is 2.77. The van der Waals surface area contributed by atoms with Gasteiger partial charge in [-0.1, -0.05) is 24.3 Å². The molecular formula is C20H18FN3O2. The smallest absolute Gasteiger partial charge is 0.267 e. The van der Waals surface area contributed by atoms with Crippen molar-refractivity contribution in [1.82, 2.24) is 4.98 Å². The van der Waals surface area contributed by atoms with E-state index in [1.165, 1.54) is 19.4 Å². The SMILES string of the molecule is COc1ccc(Cc2ccc(C(N)=O)nc2)c(F)c1-c1cccc(N)c1. The molecule has 0 spiro atoms. The number of anilines is 1. The van der Waals surface area contributed by atoms with E-state index in [0.29, 0.717) is 34.5 Å². The Kier molecular flexibility index (Phi) is 4.84. The molecule has 0 bridgehead atoms. The second-order valence-corrected chi connectivity index (χ2v) is 5.83. The summed E-state index contributed by atoms with van der Waals surface area (Å²) in [5.74, 6) is -0.552. The van der Waals surface area contributed by atoms with Gasteiger partial charge in [-0.15, -0.1) is 0 Å². The van der Waals surface area contributed by atoms with Crippen molar-refractivity contribution >= 4 is 11.6 Å². The number of aromatic nitrogens is 1. The number of halogens is 1. The fraction of sp³-hybridized carbons (Fsp3) is 0.100. The summed E-state index contributed by atoms with van der Waals surface area (Å²) in [4.78, 5) is 15.1. The standard InChI is InChI=1S/C20H18FN3O2/c1-26-17-8-6-14(9-12-5-7-16(20(23)25)24-11-12)19(21)18(17)13-3-2-4-15(22)10-13/h2-8,10-11H,9,22H2,1H3,(H2,23,25). The van der Waals surface area contributed by atoms with Crippen LogP contribution in [0.2, 0.25) is 0 Å². The van der Waals surface area contributed by atoms with E-state index in [0.717, 1.165) is 5.56 Å². The molecule has 132 valence electrons. The molecule has 0 saturated heterocycles. The number of primary amides is 1. The Balaban J connectivity index is 2.01. The van der Waals surface area contributed by atoms with Crippen molar-refractivity contribution in [3.8, 4) is 16.9 Å². The molecule has 0 unspecified atom stereocenters. The Labute approximate surface area is 150 Å². The molecule has 0 aliphatic rings. The maximum Gasteiger partial charge on any atom is 0.267 e. The first-order valence-corrected chi connectivity index (χ1v) is 7.95. The number of nitrogens with two attached hydrogens (primary N) is 2. The minimum absolute atomic E-state index is 0.171. The number of hydrogen-bond acceptors (Lipinski definition) is 4. The summed E-state index contributed by atoms with van der Waals surface area (Å²) in [6, 6.07) is 13.6. The number of hydrogen-bond donors (Lipinski definition) is 2. The van der Waals surface area contributed by atoms with E-state index in [9.17, 15) is 4.79 Å². The number of nitrogens with zero attached hydrogens (tertiary/aromatic N) is 1. The molecule has 1 amide bonds. The lowest BCUT2D eigenvalue weighted by Crippen LogP contribution is -2.12. The lowest BCUT2D eigenvalue weighted by molar-refractivity contribution is 0.0995. The largest absolute Gasteiger partial charge is 0.496 e. The van der Waals surface area contributed by atoms with Gasteiger partial charge in [0.15, 0.2) is 0 Å². The normalized spacial score (nSPS) is 10.5. The van der Waals surface area contributed by atoms with Gasteiger partial charge in [-0.2, -0.15) is 0 Å². The number of ether oxygens (including phenoxy) is 1. The molecule has 1 aromatic heterocycles. The van der Waals surface area contributed by atoms with Crippen LogP contribution in [0, 0.1) is 5.82 Å². The van der Waals surface area contributed by atoms with E-state index in [1.807, 2.05) is 0 Å². The number of carbonyl (C=O) groups excluding carboxylic acids is 1. The summed E-state index contributed by atoms with van der Waals surface area (Å²) in [5, 5.41) is 0. The van der Waals surface area contributed by atoms with Crippen molar-refractivity contribution < 1.29 is 13.9 Å². The second-order valence-electron chi connectivity index (χ2n) is 5.83. The first-order chi connectivity index (χ1) is 12.5. The molecular weight excluding hydrogens is 333 g/mol. The second kappa shape index (κ2) is 7.23. The molecule has 0 aliphatic heterocycles. The van der Waals surface area contributed by atoms with Crippen molar-refractivity contribution in [3.05, 3.63) is 77.4 Å². The van der Waals surface area contributed by atoms with Crippen LogP contribution in [0.1, 0.15) is 21.6 Å². The molecule has 0 fully saturated rings. The average molecular weight is 351 g/mol. The van der Waals surface area contributed by atoms with Crippen LogP contribution in [0.4, 0.5) is 10.1 Å². The van der Waals surface area contributed by atoms with Gasteiger partial charge in [0.1, 0.15) is 17.3 Å². The van der Waals surface area contributed by atoms with E-state index >= 15 is 4.39 Å². The third-order valence-corrected chi connectivity index (χ3v) is 4.05. The lowest BCUT2D eigenvalue weighted by Gasteiger charge is -2.14. The van der Waals surface area contributed by atoms with E-state index in [2.05, 4.69) is 4.98 Å². The fourth-order valence-corrected chi connectivity index (χ4v) is 2.77. The number of nitrogen functional groups attached to an aromatic ring is 1. The van der Waals surface area contributed by atoms with E-state index in [4.69, 9.17) is 16.2 Å². The quantitative estimate of drug-likeness (QED) is 0.691. The number of benzene rings is 2. The Morgan fingerprint density at radius 2 is 2.00 bits per heavy atom. The highest BCUT2D eigenvalue weighted by Crippen LogP contribution is 2.35. The van der Waals surface area contributed by atoms with Gasteiger partial charge in [0, 0.05) is 18.3 Å². The molecule has 6 heteroatoms. The number of amides is 1. The van der Waals surface area contributed by atoms with Gasteiger partial charge in [-0.05, 0) is 41.0 Å². The van der Waals surface area contributed by atoms with Gasteiger partial charge < -0.3 is 16.2 Å². The summed E-state index contributed by atoms with van der Waals surface area (Å²) in [6.07, 6.45) is 1.83. The zero-order valence-electron chi connectivity index (χ0n) is 14.2. The number of rotatable bonds is 5. The summed E-state index contributed by atoms with van der Waals surface area (Å²) < 4.78 is 20.5. The first-order valence-electron chi connectivity index (χ1n) is 7.95. The predicted molar refractivity (Wildman–Crippen MR) is 98.4 cm³/mol. The van der Waals surface area contributed by atoms with E-state index < -0.39 is 5.91 Å². The molecule has 5 nitrogen and oxygen atoms in total. The van der Waals surface area contributed by atoms with Gasteiger partial charge in [0.2, 0.25) is 0 Å². The van der Waals surface area contributed by atoms with Crippen LogP contribution < -0.4 is 16.2 Å². The number of pyridine rings is 1. The maximum atomic E-state index is 15.2. The van der Waals surface area contributed by atoms with Crippen molar-refractivity contribution in [3.63, 3.8) is 0 Å². The Morgan fingerprint density at radius 3 is 2.62 bits per heavy atom. The molecule has 0 radical (unpaired) electrons. The summed E-state index contributed by atoms with van der Waals surface area (Å²) in [7, 11) is 1.50. The predicted octanol–water partition coefficient (Wildman–Crippen LogP) is 3.17. The summed E-state index contributed by atoms with van der Waals surface area (Å²) in [6.45, 7) is 0. The van der Waals surface area contributed by atoms with Crippen LogP contribution >= 0.6 is 0 Å². The highest BCUT2D eigenvalue weighted by atomic mass is 19.1. The Morgan fingerprint density at radius 1 is 1.19 bits per heavy atom. The molecule has 26 heavy (non-hydrogen) atoms. The lowest BCUT2D eigenvalue weighted by atomic mass is 9.97. The van der Waals surface area contributed by atoms with Crippen LogP contribution in [-0.4, -0.2) is 18.0 Å². The molecule has 1 heterocycles. The van der Waals surface area contributed by atoms with Gasteiger partial charge >= 0.3 is 0 Å². The van der Waals surface area contributed by atoms with Crippen LogP contribution in [0.3, 0.4) is 0 Å². The first kappa shape index (κ1) is 17.4. The monoisotopic (exact) mass is 351 g/mol. The van der Waals surface area contributed by atoms with Crippen LogP contribution in [0.15, 0.2) is 54.7 Å².